The molecule has 1 aromatic rings. The molecule has 2 N–H and O–H groups in total. The molecule has 1 atom stereocenters. The zero-order chi connectivity index (χ0) is 15.0. The van der Waals surface area contributed by atoms with Gasteiger partial charge in [0.15, 0.2) is 11.5 Å². The van der Waals surface area contributed by atoms with Crippen molar-refractivity contribution in [2.75, 3.05) is 20.3 Å². The third kappa shape index (κ3) is 4.71. The first kappa shape index (κ1) is 16.8. The third-order valence-electron chi connectivity index (χ3n) is 2.94. The number of benzene rings is 1. The second-order valence-corrected chi connectivity index (χ2v) is 4.78. The van der Waals surface area contributed by atoms with E-state index < -0.39 is 0 Å². The van der Waals surface area contributed by atoms with E-state index in [1.165, 1.54) is 0 Å². The van der Waals surface area contributed by atoms with Crippen LogP contribution in [0.4, 0.5) is 0 Å². The van der Waals surface area contributed by atoms with Crippen LogP contribution in [0.3, 0.4) is 0 Å². The number of aliphatic hydroxyl groups is 1. The molecule has 0 fully saturated rings. The molecule has 0 aliphatic carbocycles. The van der Waals surface area contributed by atoms with Gasteiger partial charge in [-0.05, 0) is 24.1 Å². The van der Waals surface area contributed by atoms with Crippen LogP contribution in [0.1, 0.15) is 18.9 Å². The summed E-state index contributed by atoms with van der Waals surface area (Å²) >= 11 is 6.22. The Morgan fingerprint density at radius 1 is 1.50 bits per heavy atom. The molecular formula is C15H22ClNO3. The van der Waals surface area contributed by atoms with Gasteiger partial charge in [0.25, 0.3) is 0 Å². The Morgan fingerprint density at radius 3 is 2.80 bits per heavy atom. The lowest BCUT2D eigenvalue weighted by Crippen LogP contribution is -2.31. The molecule has 0 amide bonds. The molecule has 0 unspecified atom stereocenters. The van der Waals surface area contributed by atoms with Crippen molar-refractivity contribution in [3.05, 3.63) is 35.4 Å². The number of methoxy groups -OCH3 is 1. The highest BCUT2D eigenvalue weighted by atomic mass is 35.5. The number of hydrogen-bond donors (Lipinski definition) is 2. The topological polar surface area (TPSA) is 50.7 Å². The van der Waals surface area contributed by atoms with Crippen LogP contribution in [0.25, 0.3) is 0 Å². The van der Waals surface area contributed by atoms with Crippen LogP contribution in [0, 0.1) is 0 Å². The monoisotopic (exact) mass is 299 g/mol. The predicted octanol–water partition coefficient (Wildman–Crippen LogP) is 2.77. The van der Waals surface area contributed by atoms with Gasteiger partial charge in [-0.3, -0.25) is 0 Å². The molecule has 0 spiro atoms. The molecule has 5 heteroatoms. The average molecular weight is 300 g/mol. The van der Waals surface area contributed by atoms with Gasteiger partial charge in [-0.2, -0.15) is 0 Å². The largest absolute Gasteiger partial charge is 0.493 e. The van der Waals surface area contributed by atoms with Crippen LogP contribution in [0.5, 0.6) is 11.5 Å². The van der Waals surface area contributed by atoms with Crippen molar-refractivity contribution in [1.29, 1.82) is 0 Å². The lowest BCUT2D eigenvalue weighted by molar-refractivity contribution is 0.238. The van der Waals surface area contributed by atoms with Crippen molar-refractivity contribution in [1.82, 2.24) is 5.32 Å². The number of hydrogen-bond acceptors (Lipinski definition) is 4. The standard InChI is InChI=1S/C15H22ClNO3/c1-4-6-20-15-13(16)7-11(8-14(15)19-3)9-17-12(5-2)10-18/h4,7-8,12,17-18H,1,5-6,9-10H2,2-3H3/t12-/m0/s1. The van der Waals surface area contributed by atoms with E-state index in [4.69, 9.17) is 26.2 Å². The van der Waals surface area contributed by atoms with Crippen molar-refractivity contribution in [3.8, 4) is 11.5 Å². The van der Waals surface area contributed by atoms with Crippen molar-refractivity contribution >= 4 is 11.6 Å². The zero-order valence-electron chi connectivity index (χ0n) is 12.0. The van der Waals surface area contributed by atoms with Crippen LogP contribution in [-0.4, -0.2) is 31.5 Å². The molecule has 20 heavy (non-hydrogen) atoms. The first-order valence-corrected chi connectivity index (χ1v) is 6.98. The Bertz CT molecular complexity index is 433. The number of ether oxygens (including phenoxy) is 2. The zero-order valence-corrected chi connectivity index (χ0v) is 12.7. The number of rotatable bonds is 9. The van der Waals surface area contributed by atoms with Crippen LogP contribution < -0.4 is 14.8 Å². The second-order valence-electron chi connectivity index (χ2n) is 4.38. The molecule has 0 bridgehead atoms. The first-order valence-electron chi connectivity index (χ1n) is 6.60. The third-order valence-corrected chi connectivity index (χ3v) is 3.22. The van der Waals surface area contributed by atoms with Crippen LogP contribution in [-0.2, 0) is 6.54 Å². The van der Waals surface area contributed by atoms with Crippen molar-refractivity contribution in [2.24, 2.45) is 0 Å². The molecule has 112 valence electrons. The highest BCUT2D eigenvalue weighted by Crippen LogP contribution is 2.36. The molecule has 4 nitrogen and oxygen atoms in total. The van der Waals surface area contributed by atoms with Gasteiger partial charge in [0.1, 0.15) is 6.61 Å². The normalized spacial score (nSPS) is 12.0. The van der Waals surface area contributed by atoms with Gasteiger partial charge in [0.2, 0.25) is 0 Å². The highest BCUT2D eigenvalue weighted by molar-refractivity contribution is 6.32. The maximum absolute atomic E-state index is 9.16. The molecular weight excluding hydrogens is 278 g/mol. The van der Waals surface area contributed by atoms with Gasteiger partial charge in [-0.25, -0.2) is 0 Å². The number of nitrogens with one attached hydrogen (secondary N) is 1. The van der Waals surface area contributed by atoms with E-state index in [1.807, 2.05) is 19.1 Å². The number of aliphatic hydroxyl groups excluding tert-OH is 1. The van der Waals surface area contributed by atoms with E-state index in [2.05, 4.69) is 11.9 Å². The smallest absolute Gasteiger partial charge is 0.180 e. The lowest BCUT2D eigenvalue weighted by atomic mass is 10.1. The first-order chi connectivity index (χ1) is 9.65. The summed E-state index contributed by atoms with van der Waals surface area (Å²) in [6.07, 6.45) is 2.51. The quantitative estimate of drug-likeness (QED) is 0.689. The van der Waals surface area contributed by atoms with Gasteiger partial charge in [0, 0.05) is 12.6 Å². The Hall–Kier alpha value is -1.23. The Kier molecular flexibility index (Phi) is 7.44. The summed E-state index contributed by atoms with van der Waals surface area (Å²) in [7, 11) is 1.58. The number of halogens is 1. The minimum absolute atomic E-state index is 0.0801. The summed E-state index contributed by atoms with van der Waals surface area (Å²) in [5.74, 6) is 1.11. The molecule has 0 saturated carbocycles. The minimum Gasteiger partial charge on any atom is -0.493 e. The molecule has 0 aliphatic heterocycles. The maximum atomic E-state index is 9.16. The summed E-state index contributed by atoms with van der Waals surface area (Å²) in [6.45, 7) is 6.72. The molecule has 0 saturated heterocycles. The Morgan fingerprint density at radius 2 is 2.25 bits per heavy atom. The molecule has 1 aromatic carbocycles. The maximum Gasteiger partial charge on any atom is 0.180 e. The van der Waals surface area contributed by atoms with E-state index in [0.29, 0.717) is 29.7 Å². The van der Waals surface area contributed by atoms with Gasteiger partial charge >= 0.3 is 0 Å². The summed E-state index contributed by atoms with van der Waals surface area (Å²) in [6, 6.07) is 3.79. The van der Waals surface area contributed by atoms with E-state index in [-0.39, 0.29) is 12.6 Å². The molecule has 0 aromatic heterocycles. The summed E-state index contributed by atoms with van der Waals surface area (Å²) in [4.78, 5) is 0. The fraction of sp³-hybridized carbons (Fsp3) is 0.467. The van der Waals surface area contributed by atoms with Crippen LogP contribution >= 0.6 is 11.6 Å². The minimum atomic E-state index is 0.0801. The fourth-order valence-corrected chi connectivity index (χ4v) is 2.05. The van der Waals surface area contributed by atoms with Crippen LogP contribution in [0.15, 0.2) is 24.8 Å². The molecule has 1 rings (SSSR count). The van der Waals surface area contributed by atoms with E-state index in [1.54, 1.807) is 13.2 Å². The van der Waals surface area contributed by atoms with Gasteiger partial charge in [-0.1, -0.05) is 31.2 Å². The lowest BCUT2D eigenvalue weighted by Gasteiger charge is -2.16. The van der Waals surface area contributed by atoms with Crippen molar-refractivity contribution in [2.45, 2.75) is 25.9 Å². The molecule has 0 radical (unpaired) electrons. The predicted molar refractivity (Wildman–Crippen MR) is 81.7 cm³/mol. The van der Waals surface area contributed by atoms with E-state index >= 15 is 0 Å². The Labute approximate surface area is 125 Å². The van der Waals surface area contributed by atoms with Crippen molar-refractivity contribution in [3.63, 3.8) is 0 Å². The molecule has 0 aliphatic rings. The summed E-state index contributed by atoms with van der Waals surface area (Å²) in [5.41, 5.74) is 0.977. The molecule has 0 heterocycles. The second kappa shape index (κ2) is 8.84. The average Bonchev–Trinajstić information content (AvgIpc) is 2.46. The van der Waals surface area contributed by atoms with Gasteiger partial charge < -0.3 is 19.9 Å². The van der Waals surface area contributed by atoms with Crippen molar-refractivity contribution < 1.29 is 14.6 Å². The fourth-order valence-electron chi connectivity index (χ4n) is 1.76. The SMILES string of the molecule is C=CCOc1c(Cl)cc(CN[C@@H](CC)CO)cc1OC. The van der Waals surface area contributed by atoms with E-state index in [0.717, 1.165) is 12.0 Å². The van der Waals surface area contributed by atoms with E-state index in [9.17, 15) is 0 Å². The Balaban J connectivity index is 2.84. The van der Waals surface area contributed by atoms with Gasteiger partial charge in [-0.15, -0.1) is 0 Å². The summed E-state index contributed by atoms with van der Waals surface area (Å²) < 4.78 is 10.8. The highest BCUT2D eigenvalue weighted by Gasteiger charge is 2.12. The van der Waals surface area contributed by atoms with Gasteiger partial charge in [0.05, 0.1) is 18.7 Å². The van der Waals surface area contributed by atoms with Crippen LogP contribution in [0.2, 0.25) is 5.02 Å². The summed E-state index contributed by atoms with van der Waals surface area (Å²) in [5, 5.41) is 12.9.